The maximum Gasteiger partial charge on any atom is 0.411 e. The van der Waals surface area contributed by atoms with Crippen LogP contribution < -0.4 is 4.90 Å². The van der Waals surface area contributed by atoms with E-state index in [2.05, 4.69) is 15.9 Å². The van der Waals surface area contributed by atoms with Crippen molar-refractivity contribution >= 4 is 44.8 Å². The number of ether oxygens (including phenoxy) is 1. The van der Waals surface area contributed by atoms with Gasteiger partial charge in [-0.25, -0.2) is 9.78 Å². The maximum atomic E-state index is 12.6. The van der Waals surface area contributed by atoms with Gasteiger partial charge in [-0.15, -0.1) is 11.3 Å². The second kappa shape index (κ2) is 9.71. The molecule has 0 atom stereocenters. The summed E-state index contributed by atoms with van der Waals surface area (Å²) in [6, 6.07) is 8.13. The van der Waals surface area contributed by atoms with Crippen molar-refractivity contribution in [1.29, 1.82) is 0 Å². The first kappa shape index (κ1) is 23.3. The van der Waals surface area contributed by atoms with Crippen LogP contribution in [0.25, 0.3) is 10.6 Å². The number of ketones is 1. The van der Waals surface area contributed by atoms with Crippen LogP contribution >= 0.6 is 27.3 Å². The second-order valence-corrected chi connectivity index (χ2v) is 10.2. The van der Waals surface area contributed by atoms with Crippen molar-refractivity contribution in [3.05, 3.63) is 33.7 Å². The molecule has 8 heteroatoms. The molecule has 0 saturated carbocycles. The van der Waals surface area contributed by atoms with Crippen LogP contribution in [-0.2, 0) is 16.1 Å². The third-order valence-electron chi connectivity index (χ3n) is 4.03. The standard InChI is InChI=1S/C21H28BrN3O3S/c1-7-16(26)12-25(20(27)28-21(2,3)4)13-17-18(22)29-19(23-17)14-8-10-15(11-9-14)24(5)6/h8-11H,7,12-13H2,1-6H3. The number of anilines is 1. The number of hydrogen-bond donors (Lipinski definition) is 0. The summed E-state index contributed by atoms with van der Waals surface area (Å²) in [6.45, 7) is 7.40. The molecular weight excluding hydrogens is 454 g/mol. The molecule has 0 aliphatic carbocycles. The highest BCUT2D eigenvalue weighted by Gasteiger charge is 2.25. The van der Waals surface area contributed by atoms with E-state index in [1.165, 1.54) is 16.2 Å². The van der Waals surface area contributed by atoms with Gasteiger partial charge in [-0.3, -0.25) is 9.69 Å². The minimum absolute atomic E-state index is 0.00223. The zero-order valence-electron chi connectivity index (χ0n) is 17.8. The molecule has 0 bridgehead atoms. The highest BCUT2D eigenvalue weighted by Crippen LogP contribution is 2.33. The Kier molecular flexibility index (Phi) is 7.82. The molecule has 29 heavy (non-hydrogen) atoms. The first-order chi connectivity index (χ1) is 13.5. The largest absolute Gasteiger partial charge is 0.444 e. The van der Waals surface area contributed by atoms with Crippen LogP contribution in [0.3, 0.4) is 0 Å². The van der Waals surface area contributed by atoms with Crippen molar-refractivity contribution in [3.63, 3.8) is 0 Å². The van der Waals surface area contributed by atoms with E-state index in [1.807, 2.05) is 43.3 Å². The van der Waals surface area contributed by atoms with Gasteiger partial charge >= 0.3 is 6.09 Å². The molecule has 0 N–H and O–H groups in total. The van der Waals surface area contributed by atoms with Gasteiger partial charge in [-0.1, -0.05) is 6.92 Å². The monoisotopic (exact) mass is 481 g/mol. The van der Waals surface area contributed by atoms with Gasteiger partial charge < -0.3 is 9.64 Å². The van der Waals surface area contributed by atoms with Crippen LogP contribution in [0.5, 0.6) is 0 Å². The van der Waals surface area contributed by atoms with Gasteiger partial charge in [0.2, 0.25) is 0 Å². The van der Waals surface area contributed by atoms with Crippen LogP contribution in [-0.4, -0.2) is 48.0 Å². The Labute approximate surface area is 185 Å². The number of thiazole rings is 1. The van der Waals surface area contributed by atoms with E-state index < -0.39 is 11.7 Å². The minimum Gasteiger partial charge on any atom is -0.444 e. The summed E-state index contributed by atoms with van der Waals surface area (Å²) in [5, 5.41) is 0.850. The summed E-state index contributed by atoms with van der Waals surface area (Å²) < 4.78 is 6.31. The van der Waals surface area contributed by atoms with E-state index in [0.717, 1.165) is 20.0 Å². The van der Waals surface area contributed by atoms with Crippen molar-refractivity contribution in [2.75, 3.05) is 25.5 Å². The van der Waals surface area contributed by atoms with Crippen molar-refractivity contribution in [2.24, 2.45) is 0 Å². The molecule has 0 spiro atoms. The Morgan fingerprint density at radius 2 is 1.79 bits per heavy atom. The lowest BCUT2D eigenvalue weighted by atomic mass is 10.2. The molecular formula is C21H28BrN3O3S. The summed E-state index contributed by atoms with van der Waals surface area (Å²) in [4.78, 5) is 32.8. The average molecular weight is 482 g/mol. The number of carbonyl (C=O) groups is 2. The molecule has 158 valence electrons. The lowest BCUT2D eigenvalue weighted by molar-refractivity contribution is -0.120. The summed E-state index contributed by atoms with van der Waals surface area (Å²) in [7, 11) is 3.99. The van der Waals surface area contributed by atoms with Crippen LogP contribution in [0.1, 0.15) is 39.8 Å². The first-order valence-corrected chi connectivity index (χ1v) is 11.0. The molecule has 0 fully saturated rings. The van der Waals surface area contributed by atoms with Gasteiger partial charge in [0.15, 0.2) is 5.78 Å². The molecule has 1 aromatic carbocycles. The Morgan fingerprint density at radius 3 is 2.31 bits per heavy atom. The fourth-order valence-electron chi connectivity index (χ4n) is 2.47. The van der Waals surface area contributed by atoms with Crippen LogP contribution in [0.2, 0.25) is 0 Å². The Bertz CT molecular complexity index is 857. The number of rotatable bonds is 7. The van der Waals surface area contributed by atoms with Crippen molar-refractivity contribution in [3.8, 4) is 10.6 Å². The number of Topliss-reactive ketones (excluding diaryl/α,β-unsaturated/α-hetero) is 1. The SMILES string of the molecule is CCC(=O)CN(Cc1nc(-c2ccc(N(C)C)cc2)sc1Br)C(=O)OC(C)(C)C. The molecule has 0 saturated heterocycles. The molecule has 0 unspecified atom stereocenters. The Balaban J connectivity index is 2.24. The molecule has 2 aromatic rings. The smallest absolute Gasteiger partial charge is 0.411 e. The van der Waals surface area contributed by atoms with E-state index in [0.29, 0.717) is 12.1 Å². The number of nitrogens with zero attached hydrogens (tertiary/aromatic N) is 3. The van der Waals surface area contributed by atoms with Crippen LogP contribution in [0.4, 0.5) is 10.5 Å². The zero-order chi connectivity index (χ0) is 21.8. The number of hydrogen-bond acceptors (Lipinski definition) is 6. The molecule has 1 aromatic heterocycles. The van der Waals surface area contributed by atoms with E-state index in [-0.39, 0.29) is 18.9 Å². The van der Waals surface area contributed by atoms with Gasteiger partial charge in [0.05, 0.1) is 22.6 Å². The second-order valence-electron chi connectivity index (χ2n) is 7.91. The van der Waals surface area contributed by atoms with Gasteiger partial charge in [-0.2, -0.15) is 0 Å². The van der Waals surface area contributed by atoms with Gasteiger partial charge in [0.25, 0.3) is 0 Å². The summed E-state index contributed by atoms with van der Waals surface area (Å²) in [5.74, 6) is -0.0262. The van der Waals surface area contributed by atoms with Gasteiger partial charge in [0.1, 0.15) is 10.6 Å². The zero-order valence-corrected chi connectivity index (χ0v) is 20.2. The summed E-state index contributed by atoms with van der Waals surface area (Å²) >= 11 is 5.06. The number of carbonyl (C=O) groups excluding carboxylic acids is 2. The Hall–Kier alpha value is -1.93. The fourth-order valence-corrected chi connectivity index (χ4v) is 3.95. The van der Waals surface area contributed by atoms with Crippen molar-refractivity contribution < 1.29 is 14.3 Å². The van der Waals surface area contributed by atoms with E-state index in [1.54, 1.807) is 27.7 Å². The van der Waals surface area contributed by atoms with E-state index >= 15 is 0 Å². The first-order valence-electron chi connectivity index (χ1n) is 9.42. The molecule has 1 amide bonds. The number of amides is 1. The quantitative estimate of drug-likeness (QED) is 0.532. The normalized spacial score (nSPS) is 11.3. The number of halogens is 1. The van der Waals surface area contributed by atoms with E-state index in [4.69, 9.17) is 9.72 Å². The van der Waals surface area contributed by atoms with Crippen LogP contribution in [0, 0.1) is 0 Å². The highest BCUT2D eigenvalue weighted by atomic mass is 79.9. The summed E-state index contributed by atoms with van der Waals surface area (Å²) in [5.41, 5.74) is 2.18. The third kappa shape index (κ3) is 6.82. The average Bonchev–Trinajstić information content (AvgIpc) is 3.00. The van der Waals surface area contributed by atoms with Crippen molar-refractivity contribution in [1.82, 2.24) is 9.88 Å². The lowest BCUT2D eigenvalue weighted by Crippen LogP contribution is -2.39. The third-order valence-corrected chi connectivity index (χ3v) is 5.91. The molecule has 1 heterocycles. The van der Waals surface area contributed by atoms with Crippen LogP contribution in [0.15, 0.2) is 28.1 Å². The van der Waals surface area contributed by atoms with Crippen molar-refractivity contribution in [2.45, 2.75) is 46.3 Å². The Morgan fingerprint density at radius 1 is 1.17 bits per heavy atom. The maximum absolute atomic E-state index is 12.6. The predicted molar refractivity (Wildman–Crippen MR) is 122 cm³/mol. The predicted octanol–water partition coefficient (Wildman–Crippen LogP) is 5.35. The lowest BCUT2D eigenvalue weighted by Gasteiger charge is -2.26. The molecule has 0 aliphatic heterocycles. The molecule has 0 aliphatic rings. The fraction of sp³-hybridized carbons (Fsp3) is 0.476. The summed E-state index contributed by atoms with van der Waals surface area (Å²) in [6.07, 6.45) is -0.155. The molecule has 0 radical (unpaired) electrons. The van der Waals surface area contributed by atoms with Gasteiger partial charge in [0, 0.05) is 31.8 Å². The van der Waals surface area contributed by atoms with Gasteiger partial charge in [-0.05, 0) is 61.0 Å². The highest BCUT2D eigenvalue weighted by molar-refractivity contribution is 9.11. The van der Waals surface area contributed by atoms with E-state index in [9.17, 15) is 9.59 Å². The topological polar surface area (TPSA) is 62.7 Å². The molecule has 2 rings (SSSR count). The number of aromatic nitrogens is 1. The minimum atomic E-state index is -0.636. The molecule has 6 nitrogen and oxygen atoms in total. The number of benzene rings is 1.